The van der Waals surface area contributed by atoms with Gasteiger partial charge in [-0.25, -0.2) is 4.99 Å². The van der Waals surface area contributed by atoms with Crippen LogP contribution in [0.15, 0.2) is 4.99 Å². The number of nitrogens with zero attached hydrogens (tertiary/aromatic N) is 5. The van der Waals surface area contributed by atoms with Crippen molar-refractivity contribution in [2.75, 3.05) is 73.0 Å². The summed E-state index contributed by atoms with van der Waals surface area (Å²) in [6.45, 7) is 8.59. The number of rotatable bonds is 5. The number of nitrogens with one attached hydrogen (secondary N) is 1. The summed E-state index contributed by atoms with van der Waals surface area (Å²) < 4.78 is 0. The zero-order valence-corrected chi connectivity index (χ0v) is 16.5. The smallest absolute Gasteiger partial charge is 0.243 e. The van der Waals surface area contributed by atoms with Gasteiger partial charge in [0.2, 0.25) is 11.8 Å². The number of amides is 2. The molecule has 2 rings (SSSR count). The normalized spacial score (nSPS) is 19.4. The molecule has 2 heterocycles. The van der Waals surface area contributed by atoms with E-state index in [1.807, 2.05) is 11.8 Å². The Balaban J connectivity index is 1.81. The number of carbonyl (C=O) groups is 2. The summed E-state index contributed by atoms with van der Waals surface area (Å²) >= 11 is 0. The maximum atomic E-state index is 12.4. The molecule has 1 N–H and O–H groups in total. The van der Waals surface area contributed by atoms with Crippen LogP contribution in [0.3, 0.4) is 0 Å². The highest BCUT2D eigenvalue weighted by Crippen LogP contribution is 2.10. The van der Waals surface area contributed by atoms with E-state index in [2.05, 4.69) is 20.1 Å². The highest BCUT2D eigenvalue weighted by molar-refractivity contribution is 5.85. The molecule has 2 amide bonds. The van der Waals surface area contributed by atoms with Crippen LogP contribution in [-0.2, 0) is 9.59 Å². The molecular formula is C18H34N6O2. The van der Waals surface area contributed by atoms with Gasteiger partial charge in [-0.2, -0.15) is 0 Å². The van der Waals surface area contributed by atoms with Crippen LogP contribution in [0.1, 0.15) is 26.2 Å². The number of likely N-dealkylation sites (N-methyl/N-ethyl adjacent to an activating group) is 1. The third-order valence-corrected chi connectivity index (χ3v) is 4.94. The highest BCUT2D eigenvalue weighted by atomic mass is 16.2. The summed E-state index contributed by atoms with van der Waals surface area (Å²) in [6, 6.07) is 0. The second kappa shape index (κ2) is 10.4. The van der Waals surface area contributed by atoms with Gasteiger partial charge < -0.3 is 20.0 Å². The van der Waals surface area contributed by atoms with Gasteiger partial charge in [-0.3, -0.25) is 14.5 Å². The second-order valence-electron chi connectivity index (χ2n) is 7.16. The molecule has 0 unspecified atom stereocenters. The monoisotopic (exact) mass is 366 g/mol. The van der Waals surface area contributed by atoms with Crippen LogP contribution in [-0.4, -0.2) is 110 Å². The zero-order valence-electron chi connectivity index (χ0n) is 16.5. The lowest BCUT2D eigenvalue weighted by molar-refractivity contribution is -0.133. The highest BCUT2D eigenvalue weighted by Gasteiger charge is 2.24. The lowest BCUT2D eigenvalue weighted by Gasteiger charge is -2.37. The minimum Gasteiger partial charge on any atom is -0.357 e. The van der Waals surface area contributed by atoms with Gasteiger partial charge >= 0.3 is 0 Å². The molecule has 26 heavy (non-hydrogen) atoms. The summed E-state index contributed by atoms with van der Waals surface area (Å²) in [5.74, 6) is 1.03. The molecule has 8 nitrogen and oxygen atoms in total. The second-order valence-corrected chi connectivity index (χ2v) is 7.16. The van der Waals surface area contributed by atoms with Gasteiger partial charge in [-0.15, -0.1) is 0 Å². The first-order valence-electron chi connectivity index (χ1n) is 9.74. The van der Waals surface area contributed by atoms with Crippen LogP contribution in [0.25, 0.3) is 0 Å². The maximum Gasteiger partial charge on any atom is 0.243 e. The van der Waals surface area contributed by atoms with E-state index in [-0.39, 0.29) is 18.4 Å². The Kier molecular flexibility index (Phi) is 8.15. The number of hydrogen-bond donors (Lipinski definition) is 1. The molecule has 0 aromatic rings. The maximum absolute atomic E-state index is 12.4. The van der Waals surface area contributed by atoms with E-state index >= 15 is 0 Å². The van der Waals surface area contributed by atoms with Crippen LogP contribution in [0.2, 0.25) is 0 Å². The van der Waals surface area contributed by atoms with Gasteiger partial charge in [0.25, 0.3) is 0 Å². The number of guanidine groups is 1. The number of aliphatic imine (C=N–C) groups is 1. The van der Waals surface area contributed by atoms with Crippen molar-refractivity contribution >= 4 is 17.8 Å². The van der Waals surface area contributed by atoms with Crippen molar-refractivity contribution in [3.63, 3.8) is 0 Å². The summed E-state index contributed by atoms with van der Waals surface area (Å²) in [5, 5.41) is 3.27. The van der Waals surface area contributed by atoms with Crippen molar-refractivity contribution in [2.45, 2.75) is 26.2 Å². The van der Waals surface area contributed by atoms with Crippen molar-refractivity contribution in [2.24, 2.45) is 4.99 Å². The Morgan fingerprint density at radius 2 is 1.62 bits per heavy atom. The van der Waals surface area contributed by atoms with Crippen LogP contribution in [0, 0.1) is 0 Å². The summed E-state index contributed by atoms with van der Waals surface area (Å²) in [7, 11) is 3.48. The van der Waals surface area contributed by atoms with Crippen molar-refractivity contribution in [1.82, 2.24) is 24.9 Å². The van der Waals surface area contributed by atoms with Gasteiger partial charge in [0, 0.05) is 59.9 Å². The fraction of sp³-hybridized carbons (Fsp3) is 0.833. The average molecular weight is 367 g/mol. The lowest BCUT2D eigenvalue weighted by atomic mass is 10.1. The van der Waals surface area contributed by atoms with Gasteiger partial charge in [0.1, 0.15) is 6.54 Å². The molecule has 0 aliphatic carbocycles. The third-order valence-electron chi connectivity index (χ3n) is 4.94. The zero-order chi connectivity index (χ0) is 18.9. The van der Waals surface area contributed by atoms with E-state index in [1.54, 1.807) is 19.0 Å². The topological polar surface area (TPSA) is 71.5 Å². The number of piperidine rings is 1. The molecule has 2 aliphatic heterocycles. The Hall–Kier alpha value is -1.83. The molecule has 2 fully saturated rings. The molecule has 0 atom stereocenters. The standard InChI is InChI=1S/C18H34N6O2/c1-4-19-18(20-14-16(25)21(2)3)24-12-10-22(11-13-24)15-17(26)23-8-6-5-7-9-23/h4-15H2,1-3H3,(H,19,20). The van der Waals surface area contributed by atoms with Crippen LogP contribution >= 0.6 is 0 Å². The van der Waals surface area contributed by atoms with E-state index in [0.717, 1.165) is 64.6 Å². The molecular weight excluding hydrogens is 332 g/mol. The molecule has 0 bridgehead atoms. The number of carbonyl (C=O) groups excluding carboxylic acids is 2. The molecule has 2 saturated heterocycles. The molecule has 8 heteroatoms. The Morgan fingerprint density at radius 3 is 2.19 bits per heavy atom. The van der Waals surface area contributed by atoms with E-state index in [1.165, 1.54) is 6.42 Å². The van der Waals surface area contributed by atoms with Crippen molar-refractivity contribution in [1.29, 1.82) is 0 Å². The Bertz CT molecular complexity index is 494. The molecule has 0 aromatic carbocycles. The molecule has 0 aromatic heterocycles. The number of likely N-dealkylation sites (tertiary alicyclic amines) is 1. The van der Waals surface area contributed by atoms with Crippen molar-refractivity contribution in [3.05, 3.63) is 0 Å². The number of piperazine rings is 1. The predicted molar refractivity (Wildman–Crippen MR) is 103 cm³/mol. The van der Waals surface area contributed by atoms with Gasteiger partial charge in [-0.05, 0) is 26.2 Å². The van der Waals surface area contributed by atoms with Gasteiger partial charge in [0.05, 0.1) is 6.54 Å². The minimum atomic E-state index is -0.00818. The fourth-order valence-corrected chi connectivity index (χ4v) is 3.26. The summed E-state index contributed by atoms with van der Waals surface area (Å²) in [5.41, 5.74) is 0. The van der Waals surface area contributed by atoms with Crippen LogP contribution < -0.4 is 5.32 Å². The lowest BCUT2D eigenvalue weighted by Crippen LogP contribution is -2.54. The minimum absolute atomic E-state index is 0.00818. The molecule has 0 spiro atoms. The van der Waals surface area contributed by atoms with Crippen molar-refractivity contribution < 1.29 is 9.59 Å². The Labute approximate surface area is 157 Å². The first-order valence-corrected chi connectivity index (χ1v) is 9.74. The predicted octanol–water partition coefficient (Wildman–Crippen LogP) is -0.330. The largest absolute Gasteiger partial charge is 0.357 e. The molecule has 2 aliphatic rings. The van der Waals surface area contributed by atoms with E-state index in [0.29, 0.717) is 6.54 Å². The average Bonchev–Trinajstić information content (AvgIpc) is 2.66. The van der Waals surface area contributed by atoms with Crippen molar-refractivity contribution in [3.8, 4) is 0 Å². The molecule has 0 radical (unpaired) electrons. The van der Waals surface area contributed by atoms with Gasteiger partial charge in [-0.1, -0.05) is 0 Å². The van der Waals surface area contributed by atoms with Gasteiger partial charge in [0.15, 0.2) is 5.96 Å². The quantitative estimate of drug-likeness (QED) is 0.533. The SMILES string of the molecule is CCNC(=NCC(=O)N(C)C)N1CCN(CC(=O)N2CCCCC2)CC1. The van der Waals surface area contributed by atoms with E-state index in [9.17, 15) is 9.59 Å². The summed E-state index contributed by atoms with van der Waals surface area (Å²) in [4.78, 5) is 36.6. The Morgan fingerprint density at radius 1 is 0.962 bits per heavy atom. The van der Waals surface area contributed by atoms with E-state index in [4.69, 9.17) is 0 Å². The van der Waals surface area contributed by atoms with E-state index < -0.39 is 0 Å². The third kappa shape index (κ3) is 6.16. The fourth-order valence-electron chi connectivity index (χ4n) is 3.26. The number of hydrogen-bond acceptors (Lipinski definition) is 4. The molecule has 148 valence electrons. The van der Waals surface area contributed by atoms with Crippen LogP contribution in [0.5, 0.6) is 0 Å². The van der Waals surface area contributed by atoms with Crippen LogP contribution in [0.4, 0.5) is 0 Å². The first-order chi connectivity index (χ1) is 12.5. The molecule has 0 saturated carbocycles. The summed E-state index contributed by atoms with van der Waals surface area (Å²) in [6.07, 6.45) is 3.51. The first kappa shape index (κ1) is 20.5.